The van der Waals surface area contributed by atoms with E-state index in [4.69, 9.17) is 4.74 Å². The summed E-state index contributed by atoms with van der Waals surface area (Å²) in [6.07, 6.45) is 9.79. The van der Waals surface area contributed by atoms with Crippen molar-refractivity contribution in [3.05, 3.63) is 34.7 Å². The molecule has 3 heteroatoms. The molecule has 0 atom stereocenters. The van der Waals surface area contributed by atoms with E-state index in [1.54, 1.807) is 13.3 Å². The van der Waals surface area contributed by atoms with Crippen LogP contribution in [-0.4, -0.2) is 17.9 Å². The van der Waals surface area contributed by atoms with Crippen LogP contribution in [0.25, 0.3) is 0 Å². The van der Waals surface area contributed by atoms with E-state index in [0.29, 0.717) is 6.42 Å². The van der Waals surface area contributed by atoms with Gasteiger partial charge in [-0.1, -0.05) is 12.5 Å². The van der Waals surface area contributed by atoms with E-state index >= 15 is 0 Å². The van der Waals surface area contributed by atoms with Crippen LogP contribution in [0.4, 0.5) is 0 Å². The monoisotopic (exact) mass is 273 g/mol. The maximum absolute atomic E-state index is 12.4. The molecule has 3 nitrogen and oxygen atoms in total. The molecule has 0 spiro atoms. The Hall–Kier alpha value is -1.64. The predicted molar refractivity (Wildman–Crippen MR) is 80.1 cm³/mol. The van der Waals surface area contributed by atoms with Gasteiger partial charge in [-0.05, 0) is 45.1 Å². The largest absolute Gasteiger partial charge is 0.496 e. The molecular formula is C17H23NO2. The van der Waals surface area contributed by atoms with E-state index < -0.39 is 0 Å². The highest BCUT2D eigenvalue weighted by Gasteiger charge is 2.16. The molecule has 0 radical (unpaired) electrons. The van der Waals surface area contributed by atoms with Gasteiger partial charge in [0.25, 0.3) is 0 Å². The summed E-state index contributed by atoms with van der Waals surface area (Å²) in [5, 5.41) is 0. The number of ether oxygens (including phenoxy) is 1. The quantitative estimate of drug-likeness (QED) is 0.839. The maximum Gasteiger partial charge on any atom is 0.164 e. The lowest BCUT2D eigenvalue weighted by Crippen LogP contribution is -2.10. The molecule has 20 heavy (non-hydrogen) atoms. The Labute approximate surface area is 121 Å². The van der Waals surface area contributed by atoms with Crippen LogP contribution >= 0.6 is 0 Å². The predicted octanol–water partition coefficient (Wildman–Crippen LogP) is 3.71. The molecular weight excluding hydrogens is 250 g/mol. The summed E-state index contributed by atoms with van der Waals surface area (Å²) in [5.41, 5.74) is 3.82. The highest BCUT2D eigenvalue weighted by molar-refractivity contribution is 5.96. The number of hydrogen-bond acceptors (Lipinski definition) is 3. The van der Waals surface area contributed by atoms with Crippen molar-refractivity contribution in [2.75, 3.05) is 7.11 Å². The number of rotatable bonds is 4. The van der Waals surface area contributed by atoms with Gasteiger partial charge in [0.15, 0.2) is 5.78 Å². The van der Waals surface area contributed by atoms with Gasteiger partial charge in [-0.3, -0.25) is 9.78 Å². The molecule has 0 N–H and O–H groups in total. The summed E-state index contributed by atoms with van der Waals surface area (Å²) in [4.78, 5) is 16.8. The summed E-state index contributed by atoms with van der Waals surface area (Å²) in [6, 6.07) is 0. The first-order valence-electron chi connectivity index (χ1n) is 7.34. The smallest absolute Gasteiger partial charge is 0.164 e. The Kier molecular flexibility index (Phi) is 4.94. The van der Waals surface area contributed by atoms with E-state index in [0.717, 1.165) is 47.4 Å². The normalized spacial score (nSPS) is 15.4. The molecule has 0 amide bonds. The number of nitrogens with zero attached hydrogens (tertiary/aromatic N) is 1. The average Bonchev–Trinajstić information content (AvgIpc) is 2.71. The van der Waals surface area contributed by atoms with Gasteiger partial charge in [-0.25, -0.2) is 0 Å². The topological polar surface area (TPSA) is 39.2 Å². The van der Waals surface area contributed by atoms with E-state index in [1.807, 2.05) is 13.8 Å². The fourth-order valence-electron chi connectivity index (χ4n) is 2.78. The molecule has 0 saturated carbocycles. The Morgan fingerprint density at radius 1 is 1.30 bits per heavy atom. The SMILES string of the molecule is COc1c(C)cnc(CC(=O)C2=CCCCCC2)c1C. The third kappa shape index (κ3) is 3.27. The van der Waals surface area contributed by atoms with Crippen LogP contribution in [0, 0.1) is 13.8 Å². The lowest BCUT2D eigenvalue weighted by molar-refractivity contribution is -0.115. The second kappa shape index (κ2) is 6.69. The molecule has 1 heterocycles. The number of aromatic nitrogens is 1. The van der Waals surface area contributed by atoms with Crippen molar-refractivity contribution in [3.63, 3.8) is 0 Å². The van der Waals surface area contributed by atoms with Gasteiger partial charge in [0, 0.05) is 17.3 Å². The van der Waals surface area contributed by atoms with Crippen LogP contribution in [0.3, 0.4) is 0 Å². The molecule has 0 aromatic carbocycles. The molecule has 108 valence electrons. The first-order chi connectivity index (χ1) is 9.63. The summed E-state index contributed by atoms with van der Waals surface area (Å²) < 4.78 is 5.40. The minimum Gasteiger partial charge on any atom is -0.496 e. The van der Waals surface area contributed by atoms with Crippen molar-refractivity contribution in [1.29, 1.82) is 0 Å². The fraction of sp³-hybridized carbons (Fsp3) is 0.529. The Balaban J connectivity index is 2.17. The number of hydrogen-bond donors (Lipinski definition) is 0. The molecule has 0 fully saturated rings. The number of ketones is 1. The van der Waals surface area contributed by atoms with Crippen molar-refractivity contribution < 1.29 is 9.53 Å². The second-order valence-electron chi connectivity index (χ2n) is 5.47. The molecule has 2 rings (SSSR count). The Morgan fingerprint density at radius 3 is 2.85 bits per heavy atom. The van der Waals surface area contributed by atoms with E-state index in [-0.39, 0.29) is 5.78 Å². The van der Waals surface area contributed by atoms with Gasteiger partial charge < -0.3 is 4.74 Å². The van der Waals surface area contributed by atoms with E-state index in [9.17, 15) is 4.79 Å². The molecule has 0 bridgehead atoms. The highest BCUT2D eigenvalue weighted by Crippen LogP contribution is 2.25. The van der Waals surface area contributed by atoms with Crippen LogP contribution in [0.1, 0.15) is 48.9 Å². The summed E-state index contributed by atoms with van der Waals surface area (Å²) in [7, 11) is 1.66. The molecule has 1 aliphatic rings. The van der Waals surface area contributed by atoms with E-state index in [2.05, 4.69) is 11.1 Å². The number of methoxy groups -OCH3 is 1. The fourth-order valence-corrected chi connectivity index (χ4v) is 2.78. The van der Waals surface area contributed by atoms with Gasteiger partial charge in [0.2, 0.25) is 0 Å². The third-order valence-electron chi connectivity index (χ3n) is 3.98. The number of allylic oxidation sites excluding steroid dienone is 2. The standard InChI is InChI=1S/C17H23NO2/c1-12-11-18-15(13(2)17(12)20-3)10-16(19)14-8-6-4-5-7-9-14/h8,11H,4-7,9-10H2,1-3H3. The second-order valence-corrected chi connectivity index (χ2v) is 5.47. The van der Waals surface area contributed by atoms with Crippen molar-refractivity contribution in [2.24, 2.45) is 0 Å². The summed E-state index contributed by atoms with van der Waals surface area (Å²) in [5.74, 6) is 1.06. The zero-order valence-electron chi connectivity index (χ0n) is 12.7. The maximum atomic E-state index is 12.4. The van der Waals surface area contributed by atoms with Crippen molar-refractivity contribution in [3.8, 4) is 5.75 Å². The van der Waals surface area contributed by atoms with Gasteiger partial charge in [-0.2, -0.15) is 0 Å². The van der Waals surface area contributed by atoms with E-state index in [1.165, 1.54) is 12.8 Å². The number of pyridine rings is 1. The van der Waals surface area contributed by atoms with Crippen molar-refractivity contribution >= 4 is 5.78 Å². The van der Waals surface area contributed by atoms with Crippen LogP contribution in [-0.2, 0) is 11.2 Å². The number of aryl methyl sites for hydroxylation is 1. The molecule has 1 aromatic heterocycles. The zero-order chi connectivity index (χ0) is 14.5. The van der Waals surface area contributed by atoms with Crippen molar-refractivity contribution in [1.82, 2.24) is 4.98 Å². The zero-order valence-corrected chi connectivity index (χ0v) is 12.7. The van der Waals surface area contributed by atoms with Crippen molar-refractivity contribution in [2.45, 2.75) is 52.4 Å². The van der Waals surface area contributed by atoms with Gasteiger partial charge >= 0.3 is 0 Å². The average molecular weight is 273 g/mol. The lowest BCUT2D eigenvalue weighted by Gasteiger charge is -2.12. The first-order valence-corrected chi connectivity index (χ1v) is 7.34. The first kappa shape index (κ1) is 14.8. The van der Waals surface area contributed by atoms with Crippen LogP contribution in [0.5, 0.6) is 5.75 Å². The molecule has 0 saturated heterocycles. The summed E-state index contributed by atoms with van der Waals surface area (Å²) >= 11 is 0. The summed E-state index contributed by atoms with van der Waals surface area (Å²) in [6.45, 7) is 3.95. The van der Waals surface area contributed by atoms with Gasteiger partial charge in [0.05, 0.1) is 19.2 Å². The van der Waals surface area contributed by atoms with Gasteiger partial charge in [0.1, 0.15) is 5.75 Å². The molecule has 0 aliphatic heterocycles. The number of carbonyl (C=O) groups is 1. The van der Waals surface area contributed by atoms with Crippen LogP contribution in [0.15, 0.2) is 17.8 Å². The number of Topliss-reactive ketones (excluding diaryl/α,β-unsaturated/α-hetero) is 1. The molecule has 1 aromatic rings. The number of carbonyl (C=O) groups excluding carboxylic acids is 1. The minimum atomic E-state index is 0.216. The Morgan fingerprint density at radius 2 is 2.10 bits per heavy atom. The highest BCUT2D eigenvalue weighted by atomic mass is 16.5. The molecule has 1 aliphatic carbocycles. The van der Waals surface area contributed by atoms with Crippen LogP contribution < -0.4 is 4.74 Å². The minimum absolute atomic E-state index is 0.216. The van der Waals surface area contributed by atoms with Crippen LogP contribution in [0.2, 0.25) is 0 Å². The Bertz CT molecular complexity index is 532. The molecule has 0 unspecified atom stereocenters. The van der Waals surface area contributed by atoms with Gasteiger partial charge in [-0.15, -0.1) is 0 Å². The lowest BCUT2D eigenvalue weighted by atomic mass is 9.99. The third-order valence-corrected chi connectivity index (χ3v) is 3.98.